The molecule has 178 valence electrons. The highest BCUT2D eigenvalue weighted by Crippen LogP contribution is 2.41. The third-order valence-corrected chi connectivity index (χ3v) is 6.70. The molecule has 2 aliphatic rings. The Hall–Kier alpha value is -3.51. The van der Waals surface area contributed by atoms with E-state index in [1.165, 1.54) is 36.3 Å². The minimum Gasteiger partial charge on any atom is -0.495 e. The molecule has 2 aliphatic heterocycles. The minimum absolute atomic E-state index is 0.0563. The van der Waals surface area contributed by atoms with E-state index in [1.54, 1.807) is 17.0 Å². The number of nitriles is 1. The molecule has 1 fully saturated rings. The van der Waals surface area contributed by atoms with E-state index in [4.69, 9.17) is 26.8 Å². The average Bonchev–Trinajstić information content (AvgIpc) is 2.84. The van der Waals surface area contributed by atoms with Crippen LogP contribution in [0.5, 0.6) is 11.5 Å². The highest BCUT2D eigenvalue weighted by molar-refractivity contribution is 6.32. The SMILES string of the molecule is COc1cc2c(cc1Cl)N(C(N)=O)CC(C(=O)N1CCC(C#N)(Cc3ccc(F)cc3)CC1)O2. The highest BCUT2D eigenvalue weighted by atomic mass is 35.5. The predicted molar refractivity (Wildman–Crippen MR) is 123 cm³/mol. The van der Waals surface area contributed by atoms with Gasteiger partial charge in [-0.1, -0.05) is 23.7 Å². The fraction of sp³-hybridized carbons (Fsp3) is 0.375. The molecule has 2 N–H and O–H groups in total. The van der Waals surface area contributed by atoms with Crippen molar-refractivity contribution in [2.75, 3.05) is 31.6 Å². The zero-order valence-electron chi connectivity index (χ0n) is 18.6. The Kier molecular flexibility index (Phi) is 6.53. The van der Waals surface area contributed by atoms with Crippen molar-refractivity contribution in [3.05, 3.63) is 52.8 Å². The molecule has 1 saturated heterocycles. The summed E-state index contributed by atoms with van der Waals surface area (Å²) in [6, 6.07) is 10.8. The molecule has 1 atom stereocenters. The summed E-state index contributed by atoms with van der Waals surface area (Å²) in [5.74, 6) is -0.00638. The van der Waals surface area contributed by atoms with Crippen molar-refractivity contribution in [1.29, 1.82) is 5.26 Å². The van der Waals surface area contributed by atoms with Crippen LogP contribution < -0.4 is 20.1 Å². The van der Waals surface area contributed by atoms with Gasteiger partial charge < -0.3 is 20.1 Å². The summed E-state index contributed by atoms with van der Waals surface area (Å²) < 4.78 is 24.4. The van der Waals surface area contributed by atoms with Crippen LogP contribution in [-0.4, -0.2) is 49.7 Å². The Labute approximate surface area is 201 Å². The summed E-state index contributed by atoms with van der Waals surface area (Å²) in [7, 11) is 1.45. The molecule has 1 unspecified atom stereocenters. The number of methoxy groups -OCH3 is 1. The number of piperidine rings is 1. The molecule has 8 nitrogen and oxygen atoms in total. The predicted octanol–water partition coefficient (Wildman–Crippen LogP) is 3.51. The van der Waals surface area contributed by atoms with Crippen molar-refractivity contribution in [2.24, 2.45) is 11.1 Å². The second-order valence-corrected chi connectivity index (χ2v) is 8.94. The topological polar surface area (TPSA) is 109 Å². The van der Waals surface area contributed by atoms with Gasteiger partial charge >= 0.3 is 6.03 Å². The molecule has 0 aliphatic carbocycles. The summed E-state index contributed by atoms with van der Waals surface area (Å²) in [4.78, 5) is 28.3. The van der Waals surface area contributed by atoms with Gasteiger partial charge in [0.25, 0.3) is 5.91 Å². The van der Waals surface area contributed by atoms with Crippen molar-refractivity contribution in [2.45, 2.75) is 25.4 Å². The van der Waals surface area contributed by atoms with Crippen LogP contribution in [0.4, 0.5) is 14.9 Å². The van der Waals surface area contributed by atoms with E-state index >= 15 is 0 Å². The molecular weight excluding hydrogens is 463 g/mol. The van der Waals surface area contributed by atoms with Crippen molar-refractivity contribution >= 4 is 29.2 Å². The van der Waals surface area contributed by atoms with E-state index in [1.807, 2.05) is 0 Å². The van der Waals surface area contributed by atoms with Gasteiger partial charge in [0, 0.05) is 19.2 Å². The Bertz CT molecular complexity index is 1140. The van der Waals surface area contributed by atoms with E-state index in [2.05, 4.69) is 6.07 Å². The lowest BCUT2D eigenvalue weighted by molar-refractivity contribution is -0.140. The summed E-state index contributed by atoms with van der Waals surface area (Å²) in [5, 5.41) is 10.2. The largest absolute Gasteiger partial charge is 0.495 e. The molecular formula is C24H24ClFN4O4. The number of hydrogen-bond acceptors (Lipinski definition) is 5. The van der Waals surface area contributed by atoms with Crippen LogP contribution in [0.2, 0.25) is 5.02 Å². The van der Waals surface area contributed by atoms with Gasteiger partial charge in [0.1, 0.15) is 17.3 Å². The number of likely N-dealkylation sites (tertiary alicyclic amines) is 1. The number of amides is 3. The number of nitrogens with two attached hydrogens (primary N) is 1. The van der Waals surface area contributed by atoms with Crippen LogP contribution in [0.25, 0.3) is 0 Å². The van der Waals surface area contributed by atoms with Gasteiger partial charge in [-0.15, -0.1) is 0 Å². The Morgan fingerprint density at radius 2 is 1.97 bits per heavy atom. The number of anilines is 1. The number of nitrogens with zero attached hydrogens (tertiary/aromatic N) is 3. The summed E-state index contributed by atoms with van der Waals surface area (Å²) >= 11 is 6.18. The second kappa shape index (κ2) is 9.39. The number of carbonyl (C=O) groups excluding carboxylic acids is 2. The first-order valence-corrected chi connectivity index (χ1v) is 11.2. The van der Waals surface area contributed by atoms with Gasteiger partial charge in [-0.2, -0.15) is 5.26 Å². The van der Waals surface area contributed by atoms with Crippen molar-refractivity contribution in [1.82, 2.24) is 4.90 Å². The molecule has 2 heterocycles. The number of hydrogen-bond donors (Lipinski definition) is 1. The Morgan fingerprint density at radius 3 is 2.56 bits per heavy atom. The van der Waals surface area contributed by atoms with Crippen LogP contribution in [0.15, 0.2) is 36.4 Å². The maximum Gasteiger partial charge on any atom is 0.319 e. The number of primary amides is 1. The molecule has 0 spiro atoms. The Morgan fingerprint density at radius 1 is 1.29 bits per heavy atom. The quantitative estimate of drug-likeness (QED) is 0.711. The van der Waals surface area contributed by atoms with E-state index in [0.717, 1.165) is 5.56 Å². The van der Waals surface area contributed by atoms with Crippen molar-refractivity contribution in [3.8, 4) is 17.6 Å². The third-order valence-electron chi connectivity index (χ3n) is 6.41. The smallest absolute Gasteiger partial charge is 0.319 e. The van der Waals surface area contributed by atoms with E-state index in [9.17, 15) is 19.2 Å². The van der Waals surface area contributed by atoms with Crippen molar-refractivity contribution < 1.29 is 23.5 Å². The van der Waals surface area contributed by atoms with E-state index < -0.39 is 17.6 Å². The monoisotopic (exact) mass is 486 g/mol. The molecule has 10 heteroatoms. The molecule has 0 saturated carbocycles. The molecule has 4 rings (SSSR count). The zero-order chi connectivity index (χ0) is 24.5. The summed E-state index contributed by atoms with van der Waals surface area (Å²) in [6.45, 7) is 0.668. The molecule has 0 aromatic heterocycles. The number of fused-ring (bicyclic) bond motifs is 1. The van der Waals surface area contributed by atoms with Gasteiger partial charge in [-0.05, 0) is 43.0 Å². The number of carbonyl (C=O) groups is 2. The number of urea groups is 1. The highest BCUT2D eigenvalue weighted by Gasteiger charge is 2.41. The van der Waals surface area contributed by atoms with Gasteiger partial charge in [-0.3, -0.25) is 9.69 Å². The fourth-order valence-electron chi connectivity index (χ4n) is 4.46. The number of ether oxygens (including phenoxy) is 2. The van der Waals surface area contributed by atoms with Crippen molar-refractivity contribution in [3.63, 3.8) is 0 Å². The number of halogens is 2. The van der Waals surface area contributed by atoms with Gasteiger partial charge in [0.2, 0.25) is 0 Å². The summed E-state index contributed by atoms with van der Waals surface area (Å²) in [5.41, 5.74) is 6.15. The first kappa shape index (κ1) is 23.6. The van der Waals surface area contributed by atoms with Gasteiger partial charge in [0.15, 0.2) is 6.10 Å². The van der Waals surface area contributed by atoms with Crippen LogP contribution in [-0.2, 0) is 11.2 Å². The zero-order valence-corrected chi connectivity index (χ0v) is 19.3. The van der Waals surface area contributed by atoms with Crippen LogP contribution in [0.1, 0.15) is 18.4 Å². The standard InChI is InChI=1S/C24H24ClFN4O4/c1-33-19-11-20-18(10-17(19)25)30(23(28)32)13-21(34-20)22(31)29-8-6-24(14-27,7-9-29)12-15-2-4-16(26)5-3-15/h2-5,10-11,21H,6-9,12-13H2,1H3,(H2,28,32). The molecule has 2 aromatic rings. The van der Waals surface area contributed by atoms with E-state index in [-0.39, 0.29) is 29.0 Å². The number of benzene rings is 2. The number of rotatable bonds is 4. The lowest BCUT2D eigenvalue weighted by atomic mass is 9.75. The lowest BCUT2D eigenvalue weighted by Crippen LogP contribution is -2.55. The molecule has 3 amide bonds. The summed E-state index contributed by atoms with van der Waals surface area (Å²) in [6.07, 6.45) is 0.463. The van der Waals surface area contributed by atoms with Crippen LogP contribution in [0.3, 0.4) is 0 Å². The van der Waals surface area contributed by atoms with Crippen LogP contribution >= 0.6 is 11.6 Å². The third kappa shape index (κ3) is 4.59. The normalized spacial score (nSPS) is 18.9. The van der Waals surface area contributed by atoms with E-state index in [0.29, 0.717) is 43.8 Å². The molecule has 0 bridgehead atoms. The minimum atomic E-state index is -0.961. The maximum atomic E-state index is 13.3. The maximum absolute atomic E-state index is 13.3. The average molecular weight is 487 g/mol. The van der Waals surface area contributed by atoms with Crippen LogP contribution in [0, 0.1) is 22.6 Å². The molecule has 2 aromatic carbocycles. The molecule has 0 radical (unpaired) electrons. The first-order valence-electron chi connectivity index (χ1n) is 10.8. The Balaban J connectivity index is 1.48. The van der Waals surface area contributed by atoms with Gasteiger partial charge in [-0.25, -0.2) is 9.18 Å². The first-order chi connectivity index (χ1) is 16.2. The molecule has 34 heavy (non-hydrogen) atoms. The lowest BCUT2D eigenvalue weighted by Gasteiger charge is -2.40. The second-order valence-electron chi connectivity index (χ2n) is 8.53. The fourth-order valence-corrected chi connectivity index (χ4v) is 4.69. The van der Waals surface area contributed by atoms with Gasteiger partial charge in [0.05, 0.1) is 35.8 Å².